The molecule has 1 aliphatic heterocycles. The summed E-state index contributed by atoms with van der Waals surface area (Å²) in [7, 11) is 0. The lowest BCUT2D eigenvalue weighted by atomic mass is 10.1. The van der Waals surface area contributed by atoms with Crippen LogP contribution in [-0.4, -0.2) is 53.6 Å². The van der Waals surface area contributed by atoms with Gasteiger partial charge in [-0.3, -0.25) is 15.0 Å². The Morgan fingerprint density at radius 2 is 2.00 bits per heavy atom. The molecule has 1 fully saturated rings. The third-order valence-electron chi connectivity index (χ3n) is 3.68. The average Bonchev–Trinajstić information content (AvgIpc) is 2.47. The quantitative estimate of drug-likeness (QED) is 0.658. The van der Waals surface area contributed by atoms with Gasteiger partial charge in [-0.1, -0.05) is 6.92 Å². The predicted octanol–water partition coefficient (Wildman–Crippen LogP) is 1.83. The van der Waals surface area contributed by atoms with E-state index in [9.17, 15) is 20.0 Å². The molecule has 0 aromatic heterocycles. The van der Waals surface area contributed by atoms with Gasteiger partial charge in [-0.05, 0) is 19.0 Å². The first-order valence-electron chi connectivity index (χ1n) is 7.02. The van der Waals surface area contributed by atoms with Gasteiger partial charge in [0.25, 0.3) is 5.69 Å². The van der Waals surface area contributed by atoms with E-state index in [1.165, 1.54) is 18.2 Å². The predicted molar refractivity (Wildman–Crippen MR) is 79.0 cm³/mol. The van der Waals surface area contributed by atoms with Gasteiger partial charge in [-0.15, -0.1) is 0 Å². The van der Waals surface area contributed by atoms with E-state index >= 15 is 0 Å². The normalized spacial score (nSPS) is 16.0. The van der Waals surface area contributed by atoms with Gasteiger partial charge in [0.1, 0.15) is 0 Å². The second-order valence-electron chi connectivity index (χ2n) is 5.09. The van der Waals surface area contributed by atoms with Crippen molar-refractivity contribution in [2.45, 2.75) is 13.3 Å². The summed E-state index contributed by atoms with van der Waals surface area (Å²) < 4.78 is 0. The molecule has 1 aliphatic rings. The zero-order chi connectivity index (χ0) is 15.4. The number of nitro groups is 1. The van der Waals surface area contributed by atoms with Crippen LogP contribution in [0.5, 0.6) is 0 Å². The van der Waals surface area contributed by atoms with Crippen LogP contribution in [-0.2, 0) is 0 Å². The van der Waals surface area contributed by atoms with Crippen LogP contribution in [0.3, 0.4) is 0 Å². The van der Waals surface area contributed by atoms with Gasteiger partial charge < -0.3 is 10.0 Å². The molecule has 114 valence electrons. The Morgan fingerprint density at radius 1 is 1.33 bits per heavy atom. The minimum Gasteiger partial charge on any atom is -0.478 e. The van der Waals surface area contributed by atoms with Gasteiger partial charge in [-0.25, -0.2) is 4.79 Å². The standard InChI is InChI=1S/C14H19N3O4/c1-2-5-15-6-8-16(9-7-15)13-10-11(17(20)21)3-4-12(13)14(18)19/h3-4,10H,2,5-9H2,1H3,(H,18,19). The number of hydrogen-bond donors (Lipinski definition) is 1. The molecule has 0 atom stereocenters. The minimum atomic E-state index is -1.06. The van der Waals surface area contributed by atoms with E-state index in [2.05, 4.69) is 11.8 Å². The molecule has 0 spiro atoms. The van der Waals surface area contributed by atoms with Crippen LogP contribution in [0.4, 0.5) is 11.4 Å². The van der Waals surface area contributed by atoms with Crippen molar-refractivity contribution < 1.29 is 14.8 Å². The summed E-state index contributed by atoms with van der Waals surface area (Å²) in [6, 6.07) is 3.91. The Balaban J connectivity index is 2.23. The molecule has 1 heterocycles. The summed E-state index contributed by atoms with van der Waals surface area (Å²) in [6.45, 7) is 6.19. The summed E-state index contributed by atoms with van der Waals surface area (Å²) in [5.74, 6) is -1.06. The van der Waals surface area contributed by atoms with Crippen molar-refractivity contribution >= 4 is 17.3 Å². The Labute approximate surface area is 122 Å². The third-order valence-corrected chi connectivity index (χ3v) is 3.68. The van der Waals surface area contributed by atoms with E-state index in [0.29, 0.717) is 18.8 Å². The highest BCUT2D eigenvalue weighted by Crippen LogP contribution is 2.27. The maximum absolute atomic E-state index is 11.3. The van der Waals surface area contributed by atoms with Crippen LogP contribution in [0.2, 0.25) is 0 Å². The van der Waals surface area contributed by atoms with E-state index in [0.717, 1.165) is 26.1 Å². The number of carbonyl (C=O) groups is 1. The van der Waals surface area contributed by atoms with Crippen LogP contribution in [0.25, 0.3) is 0 Å². The van der Waals surface area contributed by atoms with Gasteiger partial charge >= 0.3 is 5.97 Å². The maximum Gasteiger partial charge on any atom is 0.337 e. The zero-order valence-corrected chi connectivity index (χ0v) is 12.0. The number of nitro benzene ring substituents is 1. The highest BCUT2D eigenvalue weighted by Gasteiger charge is 2.23. The number of aromatic carboxylic acids is 1. The molecule has 0 saturated carbocycles. The third kappa shape index (κ3) is 3.49. The van der Waals surface area contributed by atoms with Crippen molar-refractivity contribution in [2.24, 2.45) is 0 Å². The molecule has 1 aromatic rings. The van der Waals surface area contributed by atoms with Crippen molar-refractivity contribution in [3.8, 4) is 0 Å². The van der Waals surface area contributed by atoms with Gasteiger partial charge in [-0.2, -0.15) is 0 Å². The smallest absolute Gasteiger partial charge is 0.337 e. The van der Waals surface area contributed by atoms with Crippen molar-refractivity contribution in [3.63, 3.8) is 0 Å². The number of benzene rings is 1. The number of nitrogens with zero attached hydrogens (tertiary/aromatic N) is 3. The molecule has 0 bridgehead atoms. The lowest BCUT2D eigenvalue weighted by Gasteiger charge is -2.36. The van der Waals surface area contributed by atoms with E-state index in [-0.39, 0.29) is 11.3 Å². The van der Waals surface area contributed by atoms with Crippen LogP contribution in [0, 0.1) is 10.1 Å². The highest BCUT2D eigenvalue weighted by atomic mass is 16.6. The van der Waals surface area contributed by atoms with Crippen molar-refractivity contribution in [3.05, 3.63) is 33.9 Å². The van der Waals surface area contributed by atoms with Crippen molar-refractivity contribution in [2.75, 3.05) is 37.6 Å². The lowest BCUT2D eigenvalue weighted by molar-refractivity contribution is -0.384. The summed E-state index contributed by atoms with van der Waals surface area (Å²) in [6.07, 6.45) is 1.08. The molecule has 0 amide bonds. The fourth-order valence-corrected chi connectivity index (χ4v) is 2.60. The lowest BCUT2D eigenvalue weighted by Crippen LogP contribution is -2.47. The zero-order valence-electron chi connectivity index (χ0n) is 12.0. The van der Waals surface area contributed by atoms with E-state index in [1.807, 2.05) is 4.90 Å². The van der Waals surface area contributed by atoms with Crippen molar-refractivity contribution in [1.82, 2.24) is 4.90 Å². The Kier molecular flexibility index (Phi) is 4.74. The van der Waals surface area contributed by atoms with E-state index in [4.69, 9.17) is 0 Å². The Bertz CT molecular complexity index is 539. The van der Waals surface area contributed by atoms with Gasteiger partial charge in [0.2, 0.25) is 0 Å². The number of piperazine rings is 1. The number of carboxylic acid groups (broad SMARTS) is 1. The summed E-state index contributed by atoms with van der Waals surface area (Å²) in [4.78, 5) is 25.9. The monoisotopic (exact) mass is 293 g/mol. The number of non-ortho nitro benzene ring substituents is 1. The van der Waals surface area contributed by atoms with Crippen LogP contribution < -0.4 is 4.90 Å². The number of anilines is 1. The first-order chi connectivity index (χ1) is 10.0. The SMILES string of the molecule is CCCN1CCN(c2cc([N+](=O)[O-])ccc2C(=O)O)CC1. The average molecular weight is 293 g/mol. The fraction of sp³-hybridized carbons (Fsp3) is 0.500. The fourth-order valence-electron chi connectivity index (χ4n) is 2.60. The molecule has 0 radical (unpaired) electrons. The molecule has 7 nitrogen and oxygen atoms in total. The second kappa shape index (κ2) is 6.53. The first-order valence-corrected chi connectivity index (χ1v) is 7.02. The van der Waals surface area contributed by atoms with Gasteiger partial charge in [0.05, 0.1) is 16.2 Å². The molecule has 2 rings (SSSR count). The number of rotatable bonds is 5. The number of carboxylic acids is 1. The van der Waals surface area contributed by atoms with E-state index < -0.39 is 10.9 Å². The molecule has 7 heteroatoms. The summed E-state index contributed by atoms with van der Waals surface area (Å²) >= 11 is 0. The Hall–Kier alpha value is -2.15. The maximum atomic E-state index is 11.3. The largest absolute Gasteiger partial charge is 0.478 e. The van der Waals surface area contributed by atoms with Crippen molar-refractivity contribution in [1.29, 1.82) is 0 Å². The molecule has 0 aliphatic carbocycles. The highest BCUT2D eigenvalue weighted by molar-refractivity contribution is 5.95. The molecular formula is C14H19N3O4. The topological polar surface area (TPSA) is 86.9 Å². The molecule has 1 aromatic carbocycles. The second-order valence-corrected chi connectivity index (χ2v) is 5.09. The van der Waals surface area contributed by atoms with Crippen LogP contribution >= 0.6 is 0 Å². The van der Waals surface area contributed by atoms with Crippen LogP contribution in [0.1, 0.15) is 23.7 Å². The molecule has 0 unspecified atom stereocenters. The first kappa shape index (κ1) is 15.2. The van der Waals surface area contributed by atoms with Gasteiger partial charge in [0, 0.05) is 38.3 Å². The molecule has 21 heavy (non-hydrogen) atoms. The Morgan fingerprint density at radius 3 is 2.52 bits per heavy atom. The van der Waals surface area contributed by atoms with Gasteiger partial charge in [0.15, 0.2) is 0 Å². The minimum absolute atomic E-state index is 0.0778. The summed E-state index contributed by atoms with van der Waals surface area (Å²) in [5.41, 5.74) is 0.475. The summed E-state index contributed by atoms with van der Waals surface area (Å²) in [5, 5.41) is 20.1. The van der Waals surface area contributed by atoms with E-state index in [1.54, 1.807) is 0 Å². The molecular weight excluding hydrogens is 274 g/mol. The molecule has 1 N–H and O–H groups in total. The number of hydrogen-bond acceptors (Lipinski definition) is 5. The molecule has 1 saturated heterocycles. The van der Waals surface area contributed by atoms with Crippen LogP contribution in [0.15, 0.2) is 18.2 Å².